The van der Waals surface area contributed by atoms with Crippen molar-refractivity contribution in [3.63, 3.8) is 0 Å². The topological polar surface area (TPSA) is 38.5 Å². The molecule has 2 N–H and O–H groups in total. The first-order valence-electron chi connectivity index (χ1n) is 7.81. The number of nitrogens with two attached hydrogens (primary N) is 1. The van der Waals surface area contributed by atoms with Crippen LogP contribution in [-0.2, 0) is 4.74 Å². The van der Waals surface area contributed by atoms with Crippen LogP contribution in [0.25, 0.3) is 0 Å². The summed E-state index contributed by atoms with van der Waals surface area (Å²) in [5, 5.41) is 0. The zero-order valence-electron chi connectivity index (χ0n) is 13.0. The normalized spacial score (nSPS) is 25.6. The molecule has 3 atom stereocenters. The van der Waals surface area contributed by atoms with Gasteiger partial charge in [-0.1, -0.05) is 26.0 Å². The van der Waals surface area contributed by atoms with Gasteiger partial charge in [0.1, 0.15) is 0 Å². The second kappa shape index (κ2) is 7.09. The smallest absolute Gasteiger partial charge is 0.0674 e. The Bertz CT molecular complexity index is 404. The van der Waals surface area contributed by atoms with E-state index in [1.807, 2.05) is 12.1 Å². The van der Waals surface area contributed by atoms with Gasteiger partial charge in [-0.25, -0.2) is 0 Å². The highest BCUT2D eigenvalue weighted by Gasteiger charge is 2.25. The molecule has 1 aromatic carbocycles. The Labute approximate surface area is 123 Å². The van der Waals surface area contributed by atoms with E-state index >= 15 is 0 Å². The molecule has 112 valence electrons. The number of anilines is 1. The number of nitrogen functional groups attached to an aromatic ring is 1. The first-order chi connectivity index (χ1) is 9.60. The number of nitrogens with zero attached hydrogens (tertiary/aromatic N) is 1. The summed E-state index contributed by atoms with van der Waals surface area (Å²) in [6.07, 6.45) is 2.72. The third kappa shape index (κ3) is 3.97. The number of ether oxygens (including phenoxy) is 1. The Balaban J connectivity index is 1.88. The quantitative estimate of drug-likeness (QED) is 0.839. The average Bonchev–Trinajstić information content (AvgIpc) is 2.45. The average molecular weight is 276 g/mol. The van der Waals surface area contributed by atoms with E-state index in [0.717, 1.165) is 25.4 Å². The summed E-state index contributed by atoms with van der Waals surface area (Å²) in [5.41, 5.74) is 7.97. The second-order valence-corrected chi connectivity index (χ2v) is 6.06. The molecule has 1 saturated heterocycles. The molecular formula is C17H28N2O. The SMILES string of the molecule is CCC1COC(C)CN1CCC(C)c1ccc(N)cc1. The van der Waals surface area contributed by atoms with Gasteiger partial charge in [0, 0.05) is 18.3 Å². The molecule has 20 heavy (non-hydrogen) atoms. The van der Waals surface area contributed by atoms with Gasteiger partial charge in [0.05, 0.1) is 12.7 Å². The standard InChI is InChI=1S/C17H28N2O/c1-4-17-12-20-14(3)11-19(17)10-9-13(2)15-5-7-16(18)8-6-15/h5-8,13-14,17H,4,9-12,18H2,1-3H3. The Hall–Kier alpha value is -1.06. The number of benzene rings is 1. The molecule has 0 bridgehead atoms. The van der Waals surface area contributed by atoms with Gasteiger partial charge >= 0.3 is 0 Å². The minimum Gasteiger partial charge on any atom is -0.399 e. The maximum atomic E-state index is 5.76. The fraction of sp³-hybridized carbons (Fsp3) is 0.647. The lowest BCUT2D eigenvalue weighted by molar-refractivity contribution is -0.0563. The van der Waals surface area contributed by atoms with Crippen LogP contribution in [-0.4, -0.2) is 36.7 Å². The fourth-order valence-electron chi connectivity index (χ4n) is 2.91. The molecule has 0 radical (unpaired) electrons. The molecule has 3 nitrogen and oxygen atoms in total. The first kappa shape index (κ1) is 15.3. The maximum absolute atomic E-state index is 5.76. The largest absolute Gasteiger partial charge is 0.399 e. The van der Waals surface area contributed by atoms with Crippen LogP contribution < -0.4 is 5.73 Å². The highest BCUT2D eigenvalue weighted by atomic mass is 16.5. The third-order valence-corrected chi connectivity index (χ3v) is 4.41. The van der Waals surface area contributed by atoms with Crippen molar-refractivity contribution in [3.05, 3.63) is 29.8 Å². The highest BCUT2D eigenvalue weighted by Crippen LogP contribution is 2.22. The highest BCUT2D eigenvalue weighted by molar-refractivity contribution is 5.40. The molecular weight excluding hydrogens is 248 g/mol. The Kier molecular flexibility index (Phi) is 5.44. The van der Waals surface area contributed by atoms with E-state index in [1.165, 1.54) is 18.4 Å². The molecule has 0 saturated carbocycles. The number of hydrogen-bond acceptors (Lipinski definition) is 3. The summed E-state index contributed by atoms with van der Waals surface area (Å²) >= 11 is 0. The molecule has 0 spiro atoms. The third-order valence-electron chi connectivity index (χ3n) is 4.41. The lowest BCUT2D eigenvalue weighted by Gasteiger charge is -2.38. The van der Waals surface area contributed by atoms with Crippen molar-refractivity contribution in [2.45, 2.75) is 51.7 Å². The number of morpholine rings is 1. The predicted octanol–water partition coefficient (Wildman–Crippen LogP) is 3.26. The van der Waals surface area contributed by atoms with Crippen molar-refractivity contribution in [3.8, 4) is 0 Å². The van der Waals surface area contributed by atoms with E-state index in [-0.39, 0.29) is 0 Å². The van der Waals surface area contributed by atoms with Gasteiger partial charge in [0.15, 0.2) is 0 Å². The van der Waals surface area contributed by atoms with Crippen LogP contribution in [0.3, 0.4) is 0 Å². The Morgan fingerprint density at radius 2 is 2.05 bits per heavy atom. The molecule has 0 aliphatic carbocycles. The molecule has 0 amide bonds. The molecule has 1 aliphatic rings. The fourth-order valence-corrected chi connectivity index (χ4v) is 2.91. The molecule has 2 rings (SSSR count). The maximum Gasteiger partial charge on any atom is 0.0674 e. The zero-order chi connectivity index (χ0) is 14.5. The summed E-state index contributed by atoms with van der Waals surface area (Å²) in [6.45, 7) is 9.82. The predicted molar refractivity (Wildman–Crippen MR) is 85.0 cm³/mol. The van der Waals surface area contributed by atoms with E-state index in [4.69, 9.17) is 10.5 Å². The molecule has 1 fully saturated rings. The molecule has 1 aromatic rings. The van der Waals surface area contributed by atoms with Gasteiger partial charge in [0.25, 0.3) is 0 Å². The van der Waals surface area contributed by atoms with Crippen molar-refractivity contribution < 1.29 is 4.74 Å². The second-order valence-electron chi connectivity index (χ2n) is 6.06. The molecule has 1 heterocycles. The van der Waals surface area contributed by atoms with Gasteiger partial charge in [-0.15, -0.1) is 0 Å². The summed E-state index contributed by atoms with van der Waals surface area (Å²) in [6, 6.07) is 8.89. The van der Waals surface area contributed by atoms with Crippen LogP contribution in [0.1, 0.15) is 45.1 Å². The number of hydrogen-bond donors (Lipinski definition) is 1. The lowest BCUT2D eigenvalue weighted by Crippen LogP contribution is -2.48. The van der Waals surface area contributed by atoms with Crippen LogP contribution >= 0.6 is 0 Å². The van der Waals surface area contributed by atoms with Crippen LogP contribution in [0.4, 0.5) is 5.69 Å². The Morgan fingerprint density at radius 1 is 1.35 bits per heavy atom. The van der Waals surface area contributed by atoms with E-state index in [2.05, 4.69) is 37.8 Å². The van der Waals surface area contributed by atoms with Gasteiger partial charge in [-0.2, -0.15) is 0 Å². The van der Waals surface area contributed by atoms with E-state index in [0.29, 0.717) is 18.1 Å². The van der Waals surface area contributed by atoms with E-state index < -0.39 is 0 Å². The molecule has 1 aliphatic heterocycles. The number of rotatable bonds is 5. The summed E-state index contributed by atoms with van der Waals surface area (Å²) < 4.78 is 5.76. The Morgan fingerprint density at radius 3 is 2.70 bits per heavy atom. The van der Waals surface area contributed by atoms with Crippen molar-refractivity contribution in [1.29, 1.82) is 0 Å². The molecule has 3 heteroatoms. The van der Waals surface area contributed by atoms with Gasteiger partial charge < -0.3 is 10.5 Å². The van der Waals surface area contributed by atoms with Crippen LogP contribution in [0.2, 0.25) is 0 Å². The van der Waals surface area contributed by atoms with Gasteiger partial charge in [-0.3, -0.25) is 4.90 Å². The van der Waals surface area contributed by atoms with Crippen molar-refractivity contribution in [2.24, 2.45) is 0 Å². The van der Waals surface area contributed by atoms with Crippen LogP contribution in [0, 0.1) is 0 Å². The van der Waals surface area contributed by atoms with Crippen molar-refractivity contribution >= 4 is 5.69 Å². The van der Waals surface area contributed by atoms with Crippen LogP contribution in [0.5, 0.6) is 0 Å². The van der Waals surface area contributed by atoms with E-state index in [1.54, 1.807) is 0 Å². The molecule has 3 unspecified atom stereocenters. The zero-order valence-corrected chi connectivity index (χ0v) is 13.0. The van der Waals surface area contributed by atoms with Crippen molar-refractivity contribution in [1.82, 2.24) is 4.90 Å². The van der Waals surface area contributed by atoms with Gasteiger partial charge in [-0.05, 0) is 49.9 Å². The van der Waals surface area contributed by atoms with E-state index in [9.17, 15) is 0 Å². The summed E-state index contributed by atoms with van der Waals surface area (Å²) in [7, 11) is 0. The summed E-state index contributed by atoms with van der Waals surface area (Å²) in [5.74, 6) is 0.575. The minimum absolute atomic E-state index is 0.365. The minimum atomic E-state index is 0.365. The monoisotopic (exact) mass is 276 g/mol. The molecule has 0 aromatic heterocycles. The van der Waals surface area contributed by atoms with Crippen LogP contribution in [0.15, 0.2) is 24.3 Å². The first-order valence-corrected chi connectivity index (χ1v) is 7.81. The van der Waals surface area contributed by atoms with Gasteiger partial charge in [0.2, 0.25) is 0 Å². The lowest BCUT2D eigenvalue weighted by atomic mass is 9.96. The van der Waals surface area contributed by atoms with Crippen molar-refractivity contribution in [2.75, 3.05) is 25.4 Å². The summed E-state index contributed by atoms with van der Waals surface area (Å²) in [4.78, 5) is 2.60.